The maximum atomic E-state index is 13.0. The monoisotopic (exact) mass is 367 g/mol. The highest BCUT2D eigenvalue weighted by molar-refractivity contribution is 7.91. The SMILES string of the molecule is O=C(O)c1cccc(C(=O)N(CC2CCCO2)C2CCS(=O)(=O)C2)c1. The van der Waals surface area contributed by atoms with Crippen LogP contribution in [0.5, 0.6) is 0 Å². The Morgan fingerprint density at radius 3 is 2.60 bits per heavy atom. The Bertz CT molecular complexity index is 769. The third-order valence-electron chi connectivity index (χ3n) is 4.69. The zero-order chi connectivity index (χ0) is 18.0. The van der Waals surface area contributed by atoms with Gasteiger partial charge in [0.1, 0.15) is 0 Å². The molecule has 136 valence electrons. The number of ether oxygens (including phenoxy) is 1. The number of aromatic carboxylic acids is 1. The van der Waals surface area contributed by atoms with E-state index in [4.69, 9.17) is 9.84 Å². The first-order valence-electron chi connectivity index (χ1n) is 8.32. The zero-order valence-corrected chi connectivity index (χ0v) is 14.6. The number of hydrogen-bond donors (Lipinski definition) is 1. The van der Waals surface area contributed by atoms with Crippen LogP contribution in [0.25, 0.3) is 0 Å². The summed E-state index contributed by atoms with van der Waals surface area (Å²) in [6, 6.07) is 5.43. The average molecular weight is 367 g/mol. The minimum atomic E-state index is -3.14. The first-order valence-corrected chi connectivity index (χ1v) is 10.1. The van der Waals surface area contributed by atoms with Crippen molar-refractivity contribution in [2.45, 2.75) is 31.4 Å². The van der Waals surface area contributed by atoms with Gasteiger partial charge >= 0.3 is 5.97 Å². The molecule has 2 unspecified atom stereocenters. The topological polar surface area (TPSA) is 101 Å². The maximum absolute atomic E-state index is 13.0. The molecule has 1 aromatic carbocycles. The summed E-state index contributed by atoms with van der Waals surface area (Å²) in [6.07, 6.45) is 2.05. The molecule has 1 aromatic rings. The second kappa shape index (κ2) is 7.13. The summed E-state index contributed by atoms with van der Waals surface area (Å²) in [5, 5.41) is 9.12. The van der Waals surface area contributed by atoms with Gasteiger partial charge in [-0.3, -0.25) is 4.79 Å². The van der Waals surface area contributed by atoms with Gasteiger partial charge in [0.05, 0.1) is 23.2 Å². The minimum absolute atomic E-state index is 0.0296. The van der Waals surface area contributed by atoms with Crippen LogP contribution in [-0.4, -0.2) is 67.1 Å². The van der Waals surface area contributed by atoms with Crippen LogP contribution in [0.15, 0.2) is 24.3 Å². The molecule has 2 atom stereocenters. The number of carboxylic acids is 1. The molecule has 8 heteroatoms. The second-order valence-electron chi connectivity index (χ2n) is 6.54. The van der Waals surface area contributed by atoms with E-state index in [2.05, 4.69) is 0 Å². The van der Waals surface area contributed by atoms with Crippen LogP contribution in [0.1, 0.15) is 40.0 Å². The van der Waals surface area contributed by atoms with E-state index in [1.807, 2.05) is 0 Å². The lowest BCUT2D eigenvalue weighted by molar-refractivity contribution is 0.0441. The number of nitrogens with zero attached hydrogens (tertiary/aromatic N) is 1. The summed E-state index contributed by atoms with van der Waals surface area (Å²) in [5.74, 6) is -1.43. The molecule has 0 spiro atoms. The van der Waals surface area contributed by atoms with Gasteiger partial charge in [-0.05, 0) is 37.5 Å². The highest BCUT2D eigenvalue weighted by atomic mass is 32.2. The van der Waals surface area contributed by atoms with E-state index < -0.39 is 21.8 Å². The van der Waals surface area contributed by atoms with Crippen LogP contribution >= 0.6 is 0 Å². The van der Waals surface area contributed by atoms with Crippen LogP contribution in [0.3, 0.4) is 0 Å². The molecule has 0 saturated carbocycles. The highest BCUT2D eigenvalue weighted by Crippen LogP contribution is 2.23. The Morgan fingerprint density at radius 1 is 1.24 bits per heavy atom. The summed E-state index contributed by atoms with van der Waals surface area (Å²) < 4.78 is 29.3. The molecule has 0 bridgehead atoms. The molecule has 3 rings (SSSR count). The standard InChI is InChI=1S/C17H21NO6S/c19-16(12-3-1-4-13(9-12)17(20)21)18(10-15-5-2-7-24-15)14-6-8-25(22,23)11-14/h1,3-4,9,14-15H,2,5-8,10-11H2,(H,20,21). The average Bonchev–Trinajstić information content (AvgIpc) is 3.21. The molecule has 0 radical (unpaired) electrons. The first kappa shape index (κ1) is 17.9. The summed E-state index contributed by atoms with van der Waals surface area (Å²) in [5.41, 5.74) is 0.282. The second-order valence-corrected chi connectivity index (χ2v) is 8.76. The molecule has 1 N–H and O–H groups in total. The van der Waals surface area contributed by atoms with Gasteiger partial charge in [0, 0.05) is 24.8 Å². The zero-order valence-electron chi connectivity index (χ0n) is 13.8. The number of hydrogen-bond acceptors (Lipinski definition) is 5. The Hall–Kier alpha value is -1.93. The Morgan fingerprint density at radius 2 is 2.00 bits per heavy atom. The van der Waals surface area contributed by atoms with Crippen molar-refractivity contribution in [2.75, 3.05) is 24.7 Å². The van der Waals surface area contributed by atoms with Crippen LogP contribution in [0.4, 0.5) is 0 Å². The Balaban J connectivity index is 1.86. The number of benzene rings is 1. The van der Waals surface area contributed by atoms with Crippen molar-refractivity contribution in [1.82, 2.24) is 4.90 Å². The van der Waals surface area contributed by atoms with Crippen molar-refractivity contribution in [3.8, 4) is 0 Å². The third-order valence-corrected chi connectivity index (χ3v) is 6.44. The molecule has 0 aromatic heterocycles. The van der Waals surface area contributed by atoms with Gasteiger partial charge in [-0.15, -0.1) is 0 Å². The van der Waals surface area contributed by atoms with Gasteiger partial charge in [-0.2, -0.15) is 0 Å². The molecular weight excluding hydrogens is 346 g/mol. The molecular formula is C17H21NO6S. The van der Waals surface area contributed by atoms with Gasteiger partial charge in [0.15, 0.2) is 9.84 Å². The largest absolute Gasteiger partial charge is 0.478 e. The molecule has 1 amide bonds. The van der Waals surface area contributed by atoms with E-state index >= 15 is 0 Å². The molecule has 0 aliphatic carbocycles. The van der Waals surface area contributed by atoms with Crippen LogP contribution in [0, 0.1) is 0 Å². The van der Waals surface area contributed by atoms with E-state index in [9.17, 15) is 18.0 Å². The van der Waals surface area contributed by atoms with Gasteiger partial charge in [0.2, 0.25) is 0 Å². The quantitative estimate of drug-likeness (QED) is 0.839. The number of sulfone groups is 1. The highest BCUT2D eigenvalue weighted by Gasteiger charge is 2.36. The lowest BCUT2D eigenvalue weighted by Gasteiger charge is -2.30. The van der Waals surface area contributed by atoms with E-state index in [-0.39, 0.29) is 34.6 Å². The smallest absolute Gasteiger partial charge is 0.335 e. The first-order chi connectivity index (χ1) is 11.9. The Labute approximate surface area is 146 Å². The van der Waals surface area contributed by atoms with E-state index in [0.29, 0.717) is 19.6 Å². The fourth-order valence-corrected chi connectivity index (χ4v) is 5.11. The molecule has 25 heavy (non-hydrogen) atoms. The summed E-state index contributed by atoms with van der Waals surface area (Å²) in [7, 11) is -3.14. The van der Waals surface area contributed by atoms with Crippen molar-refractivity contribution >= 4 is 21.7 Å². The summed E-state index contributed by atoms with van der Waals surface area (Å²) in [6.45, 7) is 0.973. The van der Waals surface area contributed by atoms with Crippen LogP contribution in [-0.2, 0) is 14.6 Å². The van der Waals surface area contributed by atoms with E-state index in [1.165, 1.54) is 18.2 Å². The van der Waals surface area contributed by atoms with Crippen molar-refractivity contribution < 1.29 is 27.9 Å². The number of carboxylic acid groups (broad SMARTS) is 1. The number of carbonyl (C=O) groups excluding carboxylic acids is 1. The fourth-order valence-electron chi connectivity index (χ4n) is 3.38. The van der Waals surface area contributed by atoms with Gasteiger partial charge < -0.3 is 14.7 Å². The summed E-state index contributed by atoms with van der Waals surface area (Å²) >= 11 is 0. The lowest BCUT2D eigenvalue weighted by atomic mass is 10.1. The molecule has 2 fully saturated rings. The third kappa shape index (κ3) is 4.19. The van der Waals surface area contributed by atoms with Crippen molar-refractivity contribution in [3.05, 3.63) is 35.4 Å². The Kier molecular flexibility index (Phi) is 5.10. The minimum Gasteiger partial charge on any atom is -0.478 e. The van der Waals surface area contributed by atoms with Gasteiger partial charge in [-0.25, -0.2) is 13.2 Å². The summed E-state index contributed by atoms with van der Waals surface area (Å²) in [4.78, 5) is 25.7. The predicted molar refractivity (Wildman–Crippen MR) is 90.5 cm³/mol. The van der Waals surface area contributed by atoms with Crippen molar-refractivity contribution in [3.63, 3.8) is 0 Å². The van der Waals surface area contributed by atoms with Crippen LogP contribution in [0.2, 0.25) is 0 Å². The number of amides is 1. The van der Waals surface area contributed by atoms with Crippen molar-refractivity contribution in [2.24, 2.45) is 0 Å². The molecule has 2 aliphatic heterocycles. The molecule has 7 nitrogen and oxygen atoms in total. The fraction of sp³-hybridized carbons (Fsp3) is 0.529. The normalized spacial score (nSPS) is 25.0. The van der Waals surface area contributed by atoms with E-state index in [1.54, 1.807) is 11.0 Å². The molecule has 2 saturated heterocycles. The molecule has 2 aliphatic rings. The molecule has 2 heterocycles. The van der Waals surface area contributed by atoms with Crippen molar-refractivity contribution in [1.29, 1.82) is 0 Å². The van der Waals surface area contributed by atoms with E-state index in [0.717, 1.165) is 12.8 Å². The van der Waals surface area contributed by atoms with Gasteiger partial charge in [-0.1, -0.05) is 6.07 Å². The number of carbonyl (C=O) groups is 2. The lowest BCUT2D eigenvalue weighted by Crippen LogP contribution is -2.45. The predicted octanol–water partition coefficient (Wildman–Crippen LogP) is 1.19. The number of rotatable bonds is 5. The van der Waals surface area contributed by atoms with Gasteiger partial charge in [0.25, 0.3) is 5.91 Å². The van der Waals surface area contributed by atoms with Crippen LogP contribution < -0.4 is 0 Å². The maximum Gasteiger partial charge on any atom is 0.335 e.